The van der Waals surface area contributed by atoms with Gasteiger partial charge in [0, 0.05) is 41.2 Å². The zero-order chi connectivity index (χ0) is 23.2. The number of nitrogens with zero attached hydrogens (tertiary/aromatic N) is 5. The third-order valence-corrected chi connectivity index (χ3v) is 6.46. The highest BCUT2D eigenvalue weighted by atomic mass is 15.3. The van der Waals surface area contributed by atoms with Gasteiger partial charge in [-0.1, -0.05) is 48.5 Å². The van der Waals surface area contributed by atoms with Crippen LogP contribution in [0.2, 0.25) is 0 Å². The van der Waals surface area contributed by atoms with Crippen molar-refractivity contribution in [3.05, 3.63) is 128 Å². The molecule has 4 aromatic carbocycles. The van der Waals surface area contributed by atoms with Gasteiger partial charge in [0.1, 0.15) is 0 Å². The van der Waals surface area contributed by atoms with Crippen molar-refractivity contribution in [2.24, 2.45) is 0 Å². The Bertz CT molecular complexity index is 1680. The Labute approximate surface area is 202 Å². The molecule has 5 heteroatoms. The minimum atomic E-state index is 0.986. The zero-order valence-corrected chi connectivity index (χ0v) is 18.9. The van der Waals surface area contributed by atoms with Crippen molar-refractivity contribution < 1.29 is 0 Å². The number of fused-ring (bicyclic) bond motifs is 3. The molecule has 0 spiro atoms. The average molecular weight is 452 g/mol. The van der Waals surface area contributed by atoms with E-state index in [0.717, 1.165) is 28.2 Å². The second-order valence-corrected chi connectivity index (χ2v) is 8.56. The number of rotatable bonds is 4. The molecule has 35 heavy (non-hydrogen) atoms. The lowest BCUT2D eigenvalue weighted by molar-refractivity contribution is 0.857. The van der Waals surface area contributed by atoms with E-state index in [4.69, 9.17) is 0 Å². The van der Waals surface area contributed by atoms with E-state index in [1.54, 1.807) is 12.4 Å². The van der Waals surface area contributed by atoms with Gasteiger partial charge in [-0.25, -0.2) is 9.36 Å². The molecule has 0 bridgehead atoms. The lowest BCUT2D eigenvalue weighted by Crippen LogP contribution is -2.00. The minimum absolute atomic E-state index is 0.986. The van der Waals surface area contributed by atoms with Gasteiger partial charge in [-0.3, -0.25) is 0 Å². The summed E-state index contributed by atoms with van der Waals surface area (Å²) in [6.07, 6.45) is 7.51. The van der Waals surface area contributed by atoms with Crippen LogP contribution in [0.15, 0.2) is 128 Å². The van der Waals surface area contributed by atoms with E-state index in [1.807, 2.05) is 33.9 Å². The van der Waals surface area contributed by atoms with Crippen LogP contribution in [0.1, 0.15) is 0 Å². The summed E-state index contributed by atoms with van der Waals surface area (Å²) < 4.78 is 6.11. The molecule has 0 atom stereocenters. The SMILES string of the molecule is c1cc(-c2cc(-n3cccn3)cc(-n3cccn3)c2)cc(-n2c3ccccc3c3ccccc32)c1. The number of aromatic nitrogens is 5. The zero-order valence-electron chi connectivity index (χ0n) is 18.9. The first-order valence-corrected chi connectivity index (χ1v) is 11.6. The summed E-state index contributed by atoms with van der Waals surface area (Å²) in [5, 5.41) is 11.4. The van der Waals surface area contributed by atoms with Gasteiger partial charge in [0.05, 0.1) is 22.4 Å². The Hall–Kier alpha value is -4.90. The normalized spacial score (nSPS) is 11.4. The highest BCUT2D eigenvalue weighted by molar-refractivity contribution is 6.09. The second-order valence-electron chi connectivity index (χ2n) is 8.56. The van der Waals surface area contributed by atoms with Crippen LogP contribution in [0.25, 0.3) is 50.0 Å². The van der Waals surface area contributed by atoms with Crippen molar-refractivity contribution >= 4 is 21.8 Å². The number of para-hydroxylation sites is 2. The molecule has 0 unspecified atom stereocenters. The molecular weight excluding hydrogens is 430 g/mol. The molecule has 5 nitrogen and oxygen atoms in total. The van der Waals surface area contributed by atoms with Crippen molar-refractivity contribution in [2.75, 3.05) is 0 Å². The van der Waals surface area contributed by atoms with Gasteiger partial charge in [0.25, 0.3) is 0 Å². The fraction of sp³-hybridized carbons (Fsp3) is 0. The number of hydrogen-bond donors (Lipinski definition) is 0. The van der Waals surface area contributed by atoms with Crippen LogP contribution in [0, 0.1) is 0 Å². The Morgan fingerprint density at radius 3 is 1.60 bits per heavy atom. The highest BCUT2D eigenvalue weighted by Gasteiger charge is 2.13. The van der Waals surface area contributed by atoms with Crippen molar-refractivity contribution in [1.29, 1.82) is 0 Å². The molecule has 3 aromatic heterocycles. The van der Waals surface area contributed by atoms with E-state index in [-0.39, 0.29) is 0 Å². The van der Waals surface area contributed by atoms with Crippen LogP contribution in [0.4, 0.5) is 0 Å². The smallest absolute Gasteiger partial charge is 0.0673 e. The van der Waals surface area contributed by atoms with Crippen molar-refractivity contribution in [3.8, 4) is 28.2 Å². The Morgan fingerprint density at radius 2 is 1.03 bits per heavy atom. The van der Waals surface area contributed by atoms with Crippen LogP contribution in [0.5, 0.6) is 0 Å². The lowest BCUT2D eigenvalue weighted by atomic mass is 10.0. The van der Waals surface area contributed by atoms with Crippen LogP contribution in [-0.2, 0) is 0 Å². The molecule has 0 fully saturated rings. The van der Waals surface area contributed by atoms with Crippen LogP contribution in [-0.4, -0.2) is 24.1 Å². The van der Waals surface area contributed by atoms with Gasteiger partial charge in [-0.15, -0.1) is 0 Å². The van der Waals surface area contributed by atoms with Gasteiger partial charge in [-0.2, -0.15) is 10.2 Å². The van der Waals surface area contributed by atoms with Crippen molar-refractivity contribution in [1.82, 2.24) is 24.1 Å². The monoisotopic (exact) mass is 451 g/mol. The fourth-order valence-electron chi connectivity index (χ4n) is 4.89. The standard InChI is InChI=1S/C30H21N5/c1-3-12-29-27(10-1)28-11-2-4-13-30(28)35(29)24-9-5-8-22(18-24)23-19-25(33-16-6-14-31-33)21-26(20-23)34-17-7-15-32-34/h1-21H. The van der Waals surface area contributed by atoms with E-state index < -0.39 is 0 Å². The maximum Gasteiger partial charge on any atom is 0.0673 e. The van der Waals surface area contributed by atoms with E-state index in [0.29, 0.717) is 0 Å². The summed E-state index contributed by atoms with van der Waals surface area (Å²) in [6.45, 7) is 0. The molecule has 7 rings (SSSR count). The Morgan fingerprint density at radius 1 is 0.457 bits per heavy atom. The number of hydrogen-bond acceptors (Lipinski definition) is 2. The third kappa shape index (κ3) is 3.25. The predicted octanol–water partition coefficient (Wildman–Crippen LogP) is 6.82. The first-order chi connectivity index (χ1) is 17.3. The molecular formula is C30H21N5. The molecule has 0 N–H and O–H groups in total. The van der Waals surface area contributed by atoms with Crippen molar-refractivity contribution in [3.63, 3.8) is 0 Å². The summed E-state index contributed by atoms with van der Waals surface area (Å²) in [4.78, 5) is 0. The van der Waals surface area contributed by atoms with Gasteiger partial charge < -0.3 is 4.57 Å². The molecule has 7 aromatic rings. The van der Waals surface area contributed by atoms with Crippen LogP contribution in [0.3, 0.4) is 0 Å². The van der Waals surface area contributed by atoms with Crippen molar-refractivity contribution in [2.45, 2.75) is 0 Å². The molecule has 0 aliphatic heterocycles. The van der Waals surface area contributed by atoms with Gasteiger partial charge in [-0.05, 0) is 65.7 Å². The van der Waals surface area contributed by atoms with Crippen LogP contribution < -0.4 is 0 Å². The first-order valence-electron chi connectivity index (χ1n) is 11.6. The molecule has 0 radical (unpaired) electrons. The maximum atomic E-state index is 4.45. The van der Waals surface area contributed by atoms with Crippen LogP contribution >= 0.6 is 0 Å². The Kier molecular flexibility index (Phi) is 4.39. The molecule has 0 amide bonds. The maximum absolute atomic E-state index is 4.45. The summed E-state index contributed by atoms with van der Waals surface area (Å²) in [5.74, 6) is 0. The summed E-state index contributed by atoms with van der Waals surface area (Å²) in [7, 11) is 0. The molecule has 0 saturated carbocycles. The summed E-state index contributed by atoms with van der Waals surface area (Å²) >= 11 is 0. The molecule has 166 valence electrons. The Balaban J connectivity index is 1.44. The first kappa shape index (κ1) is 19.6. The van der Waals surface area contributed by atoms with Gasteiger partial charge >= 0.3 is 0 Å². The molecule has 0 aliphatic rings. The van der Waals surface area contributed by atoms with Gasteiger partial charge in [0.15, 0.2) is 0 Å². The quantitative estimate of drug-likeness (QED) is 0.295. The fourth-order valence-corrected chi connectivity index (χ4v) is 4.89. The molecule has 0 saturated heterocycles. The summed E-state index contributed by atoms with van der Waals surface area (Å²) in [6, 6.07) is 36.2. The van der Waals surface area contributed by atoms with Gasteiger partial charge in [0.2, 0.25) is 0 Å². The third-order valence-electron chi connectivity index (χ3n) is 6.46. The van der Waals surface area contributed by atoms with E-state index in [9.17, 15) is 0 Å². The van der Waals surface area contributed by atoms with E-state index >= 15 is 0 Å². The highest BCUT2D eigenvalue weighted by Crippen LogP contribution is 2.33. The largest absolute Gasteiger partial charge is 0.309 e. The molecule has 0 aliphatic carbocycles. The average Bonchev–Trinajstić information content (AvgIpc) is 3.69. The summed E-state index contributed by atoms with van der Waals surface area (Å²) in [5.41, 5.74) is 7.74. The predicted molar refractivity (Wildman–Crippen MR) is 140 cm³/mol. The second kappa shape index (κ2) is 7.85. The minimum Gasteiger partial charge on any atom is -0.309 e. The van der Waals surface area contributed by atoms with E-state index in [2.05, 4.69) is 106 Å². The molecule has 3 heterocycles. The topological polar surface area (TPSA) is 40.6 Å². The number of benzene rings is 4. The lowest BCUT2D eigenvalue weighted by Gasteiger charge is -2.13. The van der Waals surface area contributed by atoms with E-state index in [1.165, 1.54) is 21.8 Å².